The molecule has 19 heteroatoms. The molecule has 5 unspecified atom stereocenters. The molecule has 0 aliphatic carbocycles. The van der Waals surface area contributed by atoms with E-state index >= 15 is 0 Å². The number of phosphoric acid groups is 2. The SMILES string of the molecule is CC/C=C\C/C=C\C/C=C\C/C=C\C/C=C\C/C=C\CCC(=O)OCC(COP(=O)(O)OCC(O)COP(=O)(O)OCC(COC(=O)CCCCCCCC/C=C\C/C=C\C/C=C\CCCCC)OC(=O)CCCCCCC/C=C\CCCCCC)OC(=O)C/C=C\C/C=C\C/C=C\C/C=C\C/C=C\CC. The van der Waals surface area contributed by atoms with Crippen molar-refractivity contribution in [1.29, 1.82) is 0 Å². The van der Waals surface area contributed by atoms with E-state index in [1.807, 2.05) is 30.4 Å². The number of carbonyl (C=O) groups is 4. The number of ether oxygens (including phenoxy) is 4. The average molecular weight is 1520 g/mol. The van der Waals surface area contributed by atoms with Crippen LogP contribution in [-0.4, -0.2) is 96.7 Å². The summed E-state index contributed by atoms with van der Waals surface area (Å²) in [4.78, 5) is 72.9. The van der Waals surface area contributed by atoms with E-state index in [1.54, 1.807) is 12.2 Å². The molecule has 5 atom stereocenters. The molecule has 0 amide bonds. The van der Waals surface area contributed by atoms with Gasteiger partial charge in [-0.15, -0.1) is 0 Å². The van der Waals surface area contributed by atoms with E-state index in [9.17, 15) is 43.2 Å². The van der Waals surface area contributed by atoms with E-state index in [-0.39, 0.29) is 25.7 Å². The third-order valence-corrected chi connectivity index (χ3v) is 17.8. The zero-order chi connectivity index (χ0) is 77.4. The van der Waals surface area contributed by atoms with Crippen LogP contribution in [0.2, 0.25) is 0 Å². The molecular formula is C87H140O17P2. The van der Waals surface area contributed by atoms with Crippen LogP contribution in [0.15, 0.2) is 182 Å². The van der Waals surface area contributed by atoms with E-state index in [0.717, 1.165) is 154 Å². The molecule has 106 heavy (non-hydrogen) atoms. The molecule has 0 bridgehead atoms. The Kier molecular flexibility index (Phi) is 73.1. The molecule has 0 aliphatic rings. The fourth-order valence-corrected chi connectivity index (χ4v) is 11.4. The topological polar surface area (TPSA) is 237 Å². The summed E-state index contributed by atoms with van der Waals surface area (Å²) in [6.45, 7) is 4.36. The highest BCUT2D eigenvalue weighted by molar-refractivity contribution is 7.47. The van der Waals surface area contributed by atoms with Gasteiger partial charge in [-0.3, -0.25) is 37.3 Å². The third-order valence-electron chi connectivity index (χ3n) is 15.9. The number of esters is 4. The van der Waals surface area contributed by atoms with Crippen LogP contribution in [0, 0.1) is 0 Å². The smallest absolute Gasteiger partial charge is 0.462 e. The second-order valence-corrected chi connectivity index (χ2v) is 28.8. The third kappa shape index (κ3) is 76.4. The number of hydrogen-bond donors (Lipinski definition) is 3. The van der Waals surface area contributed by atoms with Gasteiger partial charge in [-0.05, 0) is 154 Å². The van der Waals surface area contributed by atoms with Crippen LogP contribution in [0.4, 0.5) is 0 Å². The number of hydrogen-bond acceptors (Lipinski definition) is 15. The van der Waals surface area contributed by atoms with Gasteiger partial charge in [-0.2, -0.15) is 0 Å². The maximum atomic E-state index is 13.1. The van der Waals surface area contributed by atoms with Gasteiger partial charge in [0.25, 0.3) is 0 Å². The summed E-state index contributed by atoms with van der Waals surface area (Å²) in [5.74, 6) is -2.46. The van der Waals surface area contributed by atoms with Crippen LogP contribution in [0.1, 0.15) is 285 Å². The van der Waals surface area contributed by atoms with Crippen molar-refractivity contribution in [3.63, 3.8) is 0 Å². The summed E-state index contributed by atoms with van der Waals surface area (Å²) < 4.78 is 68.4. The maximum absolute atomic E-state index is 13.1. The van der Waals surface area contributed by atoms with Crippen molar-refractivity contribution >= 4 is 39.5 Å². The standard InChI is InChI=1S/C87H140O17P2/c1-5-9-13-17-21-25-29-33-36-38-40-42-45-48-51-55-59-63-67-71-84(89)97-77-82(103-86(91)73-69-65-61-57-53-47-32-28-24-20-16-12-8-4)79-101-105(93,94)99-75-81(88)76-100-106(95,96)102-80-83(104-87(92)74-70-66-62-58-54-50-44-35-31-27-23-19-15-11-7-3)78-98-85(90)72-68-64-60-56-52-49-46-43-41-39-37-34-30-26-22-18-14-10-6-2/h10-11,14-15,21-23,25-28,32-37,40-44,49,52,54,58,60,64,66,70,81-83,88H,5-9,12-13,16-20,24,29-31,38-39,45-48,50-51,53,55-57,59,61-63,65,67-69,71-80H2,1-4H3,(H,93,94)(H,95,96)/b14-10-,15-11-,25-21-,26-22-,27-23-,32-28-,36-33-,37-34-,42-40-,43-41-,44-35-,52-49-,58-54-,64-60-,70-66-. The van der Waals surface area contributed by atoms with Gasteiger partial charge < -0.3 is 33.8 Å². The fourth-order valence-electron chi connectivity index (χ4n) is 9.85. The van der Waals surface area contributed by atoms with Crippen molar-refractivity contribution in [2.45, 2.75) is 303 Å². The Morgan fingerprint density at radius 3 is 0.925 bits per heavy atom. The number of aliphatic hydroxyl groups is 1. The Hall–Kier alpha value is -5.84. The second-order valence-electron chi connectivity index (χ2n) is 25.9. The lowest BCUT2D eigenvalue weighted by Gasteiger charge is -2.21. The van der Waals surface area contributed by atoms with E-state index in [1.165, 1.54) is 44.9 Å². The number of allylic oxidation sites excluding steroid dienone is 29. The lowest BCUT2D eigenvalue weighted by atomic mass is 10.1. The molecule has 0 aromatic heterocycles. The molecule has 0 aromatic rings. The van der Waals surface area contributed by atoms with Gasteiger partial charge >= 0.3 is 39.5 Å². The highest BCUT2D eigenvalue weighted by Crippen LogP contribution is 2.45. The van der Waals surface area contributed by atoms with Crippen molar-refractivity contribution in [2.75, 3.05) is 39.6 Å². The van der Waals surface area contributed by atoms with Crippen molar-refractivity contribution in [3.05, 3.63) is 182 Å². The monoisotopic (exact) mass is 1520 g/mol. The number of phosphoric ester groups is 2. The molecule has 0 saturated heterocycles. The van der Waals surface area contributed by atoms with Crippen LogP contribution < -0.4 is 0 Å². The first-order chi connectivity index (χ1) is 51.7. The Bertz CT molecular complexity index is 2730. The van der Waals surface area contributed by atoms with Crippen molar-refractivity contribution in [2.24, 2.45) is 0 Å². The van der Waals surface area contributed by atoms with Crippen molar-refractivity contribution in [3.8, 4) is 0 Å². The zero-order valence-electron chi connectivity index (χ0n) is 65.5. The Morgan fingerprint density at radius 1 is 0.283 bits per heavy atom. The van der Waals surface area contributed by atoms with Crippen LogP contribution in [0.5, 0.6) is 0 Å². The molecule has 0 radical (unpaired) electrons. The minimum absolute atomic E-state index is 0.00950. The molecule has 17 nitrogen and oxygen atoms in total. The second kappa shape index (κ2) is 77.3. The Morgan fingerprint density at radius 2 is 0.547 bits per heavy atom. The highest BCUT2D eigenvalue weighted by Gasteiger charge is 2.30. The first-order valence-corrected chi connectivity index (χ1v) is 43.0. The molecule has 0 aromatic carbocycles. The molecule has 0 rings (SSSR count). The van der Waals surface area contributed by atoms with E-state index in [0.29, 0.717) is 32.1 Å². The van der Waals surface area contributed by atoms with Gasteiger partial charge in [-0.25, -0.2) is 9.13 Å². The highest BCUT2D eigenvalue weighted by atomic mass is 31.2. The van der Waals surface area contributed by atoms with Gasteiger partial charge in [0.05, 0.1) is 32.8 Å². The van der Waals surface area contributed by atoms with Crippen LogP contribution in [0.25, 0.3) is 0 Å². The summed E-state index contributed by atoms with van der Waals surface area (Å²) in [6, 6.07) is 0. The Balaban J connectivity index is 5.50. The molecule has 600 valence electrons. The van der Waals surface area contributed by atoms with Crippen LogP contribution in [-0.2, 0) is 65.4 Å². The first-order valence-electron chi connectivity index (χ1n) is 40.0. The number of unbranched alkanes of at least 4 members (excludes halogenated alkanes) is 18. The predicted octanol–water partition coefficient (Wildman–Crippen LogP) is 23.6. The lowest BCUT2D eigenvalue weighted by molar-refractivity contribution is -0.161. The molecule has 3 N–H and O–H groups in total. The first kappa shape index (κ1) is 100. The molecule has 0 fully saturated rings. The molecule has 0 saturated carbocycles. The Labute approximate surface area is 641 Å². The van der Waals surface area contributed by atoms with E-state index in [4.69, 9.17) is 37.0 Å². The number of carbonyl (C=O) groups excluding carboxylic acids is 4. The van der Waals surface area contributed by atoms with E-state index < -0.39 is 97.5 Å². The molecule has 0 aliphatic heterocycles. The van der Waals surface area contributed by atoms with Gasteiger partial charge in [0, 0.05) is 19.3 Å². The molecular weight excluding hydrogens is 1380 g/mol. The minimum Gasteiger partial charge on any atom is -0.462 e. The maximum Gasteiger partial charge on any atom is 0.472 e. The normalized spacial score (nSPS) is 14.8. The number of rotatable bonds is 73. The predicted molar refractivity (Wildman–Crippen MR) is 436 cm³/mol. The fraction of sp³-hybridized carbons (Fsp3) is 0.609. The van der Waals surface area contributed by atoms with Crippen molar-refractivity contribution in [1.82, 2.24) is 0 Å². The van der Waals surface area contributed by atoms with Gasteiger partial charge in [0.2, 0.25) is 0 Å². The average Bonchev–Trinajstić information content (AvgIpc) is 0.933. The zero-order valence-corrected chi connectivity index (χ0v) is 67.3. The summed E-state index contributed by atoms with van der Waals surface area (Å²) in [7, 11) is -10.0. The largest absolute Gasteiger partial charge is 0.472 e. The van der Waals surface area contributed by atoms with Crippen molar-refractivity contribution < 1.29 is 80.2 Å². The van der Waals surface area contributed by atoms with Crippen LogP contribution in [0.3, 0.4) is 0 Å². The molecule has 0 heterocycles. The summed E-state index contributed by atoms with van der Waals surface area (Å²) in [6.07, 6.45) is 93.5. The van der Waals surface area contributed by atoms with Gasteiger partial charge in [0.1, 0.15) is 19.3 Å². The summed E-state index contributed by atoms with van der Waals surface area (Å²) in [5.41, 5.74) is 0. The van der Waals surface area contributed by atoms with Gasteiger partial charge in [-0.1, -0.05) is 287 Å². The van der Waals surface area contributed by atoms with E-state index in [2.05, 4.69) is 167 Å². The number of aliphatic hydroxyl groups excluding tert-OH is 1. The van der Waals surface area contributed by atoms with Gasteiger partial charge in [0.15, 0.2) is 12.2 Å². The molecule has 0 spiro atoms. The van der Waals surface area contributed by atoms with Crippen LogP contribution >= 0.6 is 15.6 Å². The lowest BCUT2D eigenvalue weighted by Crippen LogP contribution is -2.30. The minimum atomic E-state index is -5.03. The summed E-state index contributed by atoms with van der Waals surface area (Å²) >= 11 is 0. The quantitative estimate of drug-likeness (QED) is 0.0169. The summed E-state index contributed by atoms with van der Waals surface area (Å²) in [5, 5.41) is 10.6.